The fourth-order valence-electron chi connectivity index (χ4n) is 2.38. The maximum atomic E-state index is 12.3. The molecule has 0 aliphatic heterocycles. The van der Waals surface area contributed by atoms with Crippen LogP contribution in [0.15, 0.2) is 47.4 Å². The van der Waals surface area contributed by atoms with Crippen molar-refractivity contribution in [2.24, 2.45) is 0 Å². The van der Waals surface area contributed by atoms with Crippen molar-refractivity contribution in [2.45, 2.75) is 18.7 Å². The fourth-order valence-corrected chi connectivity index (χ4v) is 3.44. The van der Waals surface area contributed by atoms with Gasteiger partial charge in [-0.1, -0.05) is 18.2 Å². The van der Waals surface area contributed by atoms with Gasteiger partial charge in [-0.2, -0.15) is 4.72 Å². The third-order valence-electron chi connectivity index (χ3n) is 4.17. The van der Waals surface area contributed by atoms with E-state index in [0.29, 0.717) is 0 Å². The summed E-state index contributed by atoms with van der Waals surface area (Å²) in [5, 5.41) is 2.44. The van der Waals surface area contributed by atoms with E-state index >= 15 is 0 Å². The zero-order valence-electron chi connectivity index (χ0n) is 16.7. The van der Waals surface area contributed by atoms with Crippen LogP contribution in [-0.2, 0) is 29.1 Å². The van der Waals surface area contributed by atoms with E-state index in [1.54, 1.807) is 25.1 Å². The van der Waals surface area contributed by atoms with Crippen molar-refractivity contribution < 1.29 is 32.3 Å². The zero-order valence-corrected chi connectivity index (χ0v) is 17.5. The number of hydrogen-bond donors (Lipinski definition) is 2. The minimum Gasteiger partial charge on any atom is -0.465 e. The first-order chi connectivity index (χ1) is 14.1. The number of methoxy groups -OCH3 is 1. The second-order valence-corrected chi connectivity index (χ2v) is 8.08. The smallest absolute Gasteiger partial charge is 0.339 e. The molecule has 0 saturated carbocycles. The summed E-state index contributed by atoms with van der Waals surface area (Å²) in [6, 6.07) is 10.8. The Labute approximate surface area is 174 Å². The van der Waals surface area contributed by atoms with Gasteiger partial charge in [0.05, 0.1) is 23.3 Å². The fraction of sp³-hybridized carbons (Fsp3) is 0.250. The van der Waals surface area contributed by atoms with Crippen LogP contribution in [0.5, 0.6) is 0 Å². The molecule has 0 unspecified atom stereocenters. The first kappa shape index (κ1) is 23.0. The van der Waals surface area contributed by atoms with E-state index < -0.39 is 41.0 Å². The molecule has 0 aliphatic rings. The normalized spacial score (nSPS) is 10.9. The van der Waals surface area contributed by atoms with E-state index in [0.717, 1.165) is 11.1 Å². The van der Waals surface area contributed by atoms with Crippen molar-refractivity contribution in [3.8, 4) is 0 Å². The second kappa shape index (κ2) is 9.99. The van der Waals surface area contributed by atoms with Crippen LogP contribution in [0.4, 0.5) is 5.69 Å². The lowest BCUT2D eigenvalue weighted by molar-refractivity contribution is -0.146. The minimum absolute atomic E-state index is 0.0237. The van der Waals surface area contributed by atoms with E-state index in [4.69, 9.17) is 4.74 Å². The van der Waals surface area contributed by atoms with Crippen LogP contribution in [0.2, 0.25) is 0 Å². The summed E-state index contributed by atoms with van der Waals surface area (Å²) < 4.78 is 36.1. The SMILES string of the molecule is COC(=O)c1ccccc1NC(=O)COC(=O)CNS(=O)(=O)c1ccc(C)c(C)c1. The molecule has 0 saturated heterocycles. The summed E-state index contributed by atoms with van der Waals surface area (Å²) >= 11 is 0. The topological polar surface area (TPSA) is 128 Å². The van der Waals surface area contributed by atoms with E-state index in [1.807, 2.05) is 6.92 Å². The van der Waals surface area contributed by atoms with Crippen molar-refractivity contribution in [1.29, 1.82) is 0 Å². The van der Waals surface area contributed by atoms with Crippen LogP contribution in [0.3, 0.4) is 0 Å². The second-order valence-electron chi connectivity index (χ2n) is 6.32. The van der Waals surface area contributed by atoms with Gasteiger partial charge in [0.1, 0.15) is 6.54 Å². The largest absolute Gasteiger partial charge is 0.465 e. The molecule has 0 spiro atoms. The highest BCUT2D eigenvalue weighted by Crippen LogP contribution is 2.16. The average molecular weight is 434 g/mol. The van der Waals surface area contributed by atoms with Crippen LogP contribution in [0, 0.1) is 13.8 Å². The number of rotatable bonds is 8. The number of amides is 1. The molecule has 0 fully saturated rings. The molecule has 0 atom stereocenters. The van der Waals surface area contributed by atoms with Gasteiger partial charge in [-0.05, 0) is 49.2 Å². The highest BCUT2D eigenvalue weighted by Gasteiger charge is 2.18. The van der Waals surface area contributed by atoms with Gasteiger partial charge in [0, 0.05) is 0 Å². The number of anilines is 1. The summed E-state index contributed by atoms with van der Waals surface area (Å²) in [6.45, 7) is 2.34. The number of sulfonamides is 1. The molecule has 0 aromatic heterocycles. The monoisotopic (exact) mass is 434 g/mol. The van der Waals surface area contributed by atoms with Gasteiger partial charge in [-0.15, -0.1) is 0 Å². The molecule has 2 N–H and O–H groups in total. The molecule has 2 aromatic rings. The molecule has 160 valence electrons. The van der Waals surface area contributed by atoms with E-state index in [1.165, 1.54) is 31.4 Å². The molecule has 0 bridgehead atoms. The minimum atomic E-state index is -3.90. The van der Waals surface area contributed by atoms with Gasteiger partial charge in [-0.25, -0.2) is 13.2 Å². The van der Waals surface area contributed by atoms with Crippen molar-refractivity contribution in [3.05, 3.63) is 59.2 Å². The van der Waals surface area contributed by atoms with Gasteiger partial charge in [-0.3, -0.25) is 9.59 Å². The number of benzene rings is 2. The standard InChI is InChI=1S/C20H22N2O7S/c1-13-8-9-15(10-14(13)2)30(26,27)21-11-19(24)29-12-18(23)22-17-7-5-4-6-16(17)20(25)28-3/h4-10,21H,11-12H2,1-3H3,(H,22,23). The van der Waals surface area contributed by atoms with E-state index in [-0.39, 0.29) is 16.1 Å². The highest BCUT2D eigenvalue weighted by atomic mass is 32.2. The molecular formula is C20H22N2O7S. The maximum absolute atomic E-state index is 12.3. The third-order valence-corrected chi connectivity index (χ3v) is 5.56. The lowest BCUT2D eigenvalue weighted by Gasteiger charge is -2.11. The molecule has 0 aliphatic carbocycles. The van der Waals surface area contributed by atoms with Gasteiger partial charge in [0.15, 0.2) is 6.61 Å². The number of aryl methyl sites for hydroxylation is 2. The van der Waals surface area contributed by atoms with Crippen molar-refractivity contribution in [2.75, 3.05) is 25.6 Å². The Hall–Kier alpha value is -3.24. The molecule has 2 aromatic carbocycles. The van der Waals surface area contributed by atoms with E-state index in [9.17, 15) is 22.8 Å². The van der Waals surface area contributed by atoms with E-state index in [2.05, 4.69) is 14.8 Å². The quantitative estimate of drug-likeness (QED) is 0.603. The Morgan fingerprint density at radius 1 is 1.00 bits per heavy atom. The zero-order chi connectivity index (χ0) is 22.3. The highest BCUT2D eigenvalue weighted by molar-refractivity contribution is 7.89. The average Bonchev–Trinajstić information content (AvgIpc) is 2.72. The predicted molar refractivity (Wildman–Crippen MR) is 108 cm³/mol. The van der Waals surface area contributed by atoms with Gasteiger partial charge < -0.3 is 14.8 Å². The summed E-state index contributed by atoms with van der Waals surface area (Å²) in [7, 11) is -2.69. The number of para-hydroxylation sites is 1. The van der Waals surface area contributed by atoms with Crippen LogP contribution in [0.25, 0.3) is 0 Å². The third kappa shape index (κ3) is 6.13. The predicted octanol–water partition coefficient (Wildman–Crippen LogP) is 1.55. The summed E-state index contributed by atoms with van der Waals surface area (Å²) in [6.07, 6.45) is 0. The molecule has 2 rings (SSSR count). The van der Waals surface area contributed by atoms with Crippen LogP contribution >= 0.6 is 0 Å². The Balaban J connectivity index is 1.88. The van der Waals surface area contributed by atoms with Crippen molar-refractivity contribution in [3.63, 3.8) is 0 Å². The number of hydrogen-bond acceptors (Lipinski definition) is 7. The Morgan fingerprint density at radius 2 is 1.70 bits per heavy atom. The molecule has 0 heterocycles. The van der Waals surface area contributed by atoms with Gasteiger partial charge >= 0.3 is 11.9 Å². The Kier molecular flexibility index (Phi) is 7.67. The van der Waals surface area contributed by atoms with Crippen molar-refractivity contribution in [1.82, 2.24) is 4.72 Å². The van der Waals surface area contributed by atoms with Crippen molar-refractivity contribution >= 4 is 33.6 Å². The van der Waals surface area contributed by atoms with Crippen LogP contribution < -0.4 is 10.0 Å². The number of nitrogens with one attached hydrogen (secondary N) is 2. The number of esters is 2. The molecule has 10 heteroatoms. The lowest BCUT2D eigenvalue weighted by atomic mass is 10.1. The first-order valence-electron chi connectivity index (χ1n) is 8.84. The number of ether oxygens (including phenoxy) is 2. The molecule has 1 amide bonds. The first-order valence-corrected chi connectivity index (χ1v) is 10.3. The summed E-state index contributed by atoms with van der Waals surface area (Å²) in [4.78, 5) is 35.5. The van der Waals surface area contributed by atoms with Gasteiger partial charge in [0.25, 0.3) is 5.91 Å². The van der Waals surface area contributed by atoms with Gasteiger partial charge in [0.2, 0.25) is 10.0 Å². The lowest BCUT2D eigenvalue weighted by Crippen LogP contribution is -2.32. The number of carbonyl (C=O) groups excluding carboxylic acids is 3. The molecule has 30 heavy (non-hydrogen) atoms. The van der Waals surface area contributed by atoms with Crippen LogP contribution in [0.1, 0.15) is 21.5 Å². The molecule has 9 nitrogen and oxygen atoms in total. The molecular weight excluding hydrogens is 412 g/mol. The summed E-state index contributed by atoms with van der Waals surface area (Å²) in [5.74, 6) is -2.26. The number of carbonyl (C=O) groups is 3. The Bertz CT molecular complexity index is 1060. The molecule has 0 radical (unpaired) electrons. The van der Waals surface area contributed by atoms with Crippen LogP contribution in [-0.4, -0.2) is 46.5 Å². The maximum Gasteiger partial charge on any atom is 0.339 e. The summed E-state index contributed by atoms with van der Waals surface area (Å²) in [5.41, 5.74) is 2.07. The Morgan fingerprint density at radius 3 is 2.37 bits per heavy atom.